The maximum absolute atomic E-state index is 10.7. The second-order valence-electron chi connectivity index (χ2n) is 5.66. The van der Waals surface area contributed by atoms with Crippen molar-refractivity contribution in [3.8, 4) is 34.5 Å². The molecule has 126 valence electrons. The number of hydrogen-bond acceptors (Lipinski definition) is 7. The SMILES string of the molecule is COc1ccc([C@@H]2COc3cc4c(cc3[C@H]2O)OCO4)c(O)c1O. The summed E-state index contributed by atoms with van der Waals surface area (Å²) in [6, 6.07) is 6.49. The lowest BCUT2D eigenvalue weighted by atomic mass is 9.86. The fraction of sp³-hybridized carbons (Fsp3) is 0.294. The third kappa shape index (κ3) is 2.09. The Kier molecular flexibility index (Phi) is 3.31. The van der Waals surface area contributed by atoms with Gasteiger partial charge >= 0.3 is 0 Å². The molecule has 0 saturated heterocycles. The molecule has 2 atom stereocenters. The van der Waals surface area contributed by atoms with Crippen LogP contribution in [0.2, 0.25) is 0 Å². The van der Waals surface area contributed by atoms with Crippen molar-refractivity contribution in [2.75, 3.05) is 20.5 Å². The van der Waals surface area contributed by atoms with Crippen LogP contribution in [0.1, 0.15) is 23.1 Å². The molecule has 0 unspecified atom stereocenters. The molecule has 0 fully saturated rings. The molecule has 0 saturated carbocycles. The van der Waals surface area contributed by atoms with E-state index >= 15 is 0 Å². The van der Waals surface area contributed by atoms with Gasteiger partial charge in [0.05, 0.1) is 25.7 Å². The van der Waals surface area contributed by atoms with Crippen LogP contribution in [0.5, 0.6) is 34.5 Å². The van der Waals surface area contributed by atoms with Gasteiger partial charge in [0.25, 0.3) is 0 Å². The predicted molar refractivity (Wildman–Crippen MR) is 82.1 cm³/mol. The first-order valence-corrected chi connectivity index (χ1v) is 7.43. The zero-order valence-electron chi connectivity index (χ0n) is 12.9. The fourth-order valence-corrected chi connectivity index (χ4v) is 3.08. The van der Waals surface area contributed by atoms with Crippen molar-refractivity contribution in [3.63, 3.8) is 0 Å². The average molecular weight is 332 g/mol. The highest BCUT2D eigenvalue weighted by Crippen LogP contribution is 2.50. The highest BCUT2D eigenvalue weighted by atomic mass is 16.7. The number of fused-ring (bicyclic) bond motifs is 2. The number of methoxy groups -OCH3 is 1. The van der Waals surface area contributed by atoms with E-state index in [0.717, 1.165) is 0 Å². The van der Waals surface area contributed by atoms with Crippen molar-refractivity contribution in [2.24, 2.45) is 0 Å². The van der Waals surface area contributed by atoms with Gasteiger partial charge in [-0.05, 0) is 12.1 Å². The number of phenolic OH excluding ortho intramolecular Hbond substituents is 2. The fourth-order valence-electron chi connectivity index (χ4n) is 3.08. The molecule has 7 heteroatoms. The van der Waals surface area contributed by atoms with Gasteiger partial charge in [-0.3, -0.25) is 0 Å². The zero-order chi connectivity index (χ0) is 16.8. The minimum atomic E-state index is -0.929. The third-order valence-electron chi connectivity index (χ3n) is 4.39. The van der Waals surface area contributed by atoms with Crippen molar-refractivity contribution in [1.29, 1.82) is 0 Å². The summed E-state index contributed by atoms with van der Waals surface area (Å²) in [7, 11) is 1.39. The van der Waals surface area contributed by atoms with Crippen LogP contribution in [0.25, 0.3) is 0 Å². The molecule has 0 radical (unpaired) electrons. The van der Waals surface area contributed by atoms with Crippen LogP contribution in [0.3, 0.4) is 0 Å². The lowest BCUT2D eigenvalue weighted by molar-refractivity contribution is 0.0873. The summed E-state index contributed by atoms with van der Waals surface area (Å²) in [5.74, 6) is 0.550. The van der Waals surface area contributed by atoms with E-state index in [1.807, 2.05) is 0 Å². The Bertz CT molecular complexity index is 802. The van der Waals surface area contributed by atoms with Crippen molar-refractivity contribution < 1.29 is 34.3 Å². The zero-order valence-corrected chi connectivity index (χ0v) is 12.9. The second-order valence-corrected chi connectivity index (χ2v) is 5.66. The van der Waals surface area contributed by atoms with Crippen LogP contribution in [-0.4, -0.2) is 35.8 Å². The summed E-state index contributed by atoms with van der Waals surface area (Å²) in [6.07, 6.45) is -0.929. The van der Waals surface area contributed by atoms with Gasteiger partial charge in [-0.15, -0.1) is 0 Å². The van der Waals surface area contributed by atoms with E-state index in [1.54, 1.807) is 18.2 Å². The molecule has 0 aromatic heterocycles. The van der Waals surface area contributed by atoms with Gasteiger partial charge in [0.1, 0.15) is 5.75 Å². The van der Waals surface area contributed by atoms with Crippen molar-refractivity contribution in [3.05, 3.63) is 35.4 Å². The number of rotatable bonds is 2. The first kappa shape index (κ1) is 14.8. The molecular weight excluding hydrogens is 316 g/mol. The Morgan fingerprint density at radius 1 is 0.958 bits per heavy atom. The standard InChI is InChI=1S/C17H16O7/c1-21-11-3-2-8(16(19)17(11)20)10-6-22-12-5-14-13(23-7-24-14)4-9(12)15(10)18/h2-5,10,15,18-20H,6-7H2,1H3/t10-,15+/m0/s1. The van der Waals surface area contributed by atoms with Crippen LogP contribution in [-0.2, 0) is 0 Å². The number of benzene rings is 2. The summed E-state index contributed by atoms with van der Waals surface area (Å²) in [5, 5.41) is 31.0. The van der Waals surface area contributed by atoms with Crippen LogP contribution in [0.15, 0.2) is 24.3 Å². The monoisotopic (exact) mass is 332 g/mol. The Balaban J connectivity index is 1.73. The summed E-state index contributed by atoms with van der Waals surface area (Å²) < 4.78 is 21.3. The minimum absolute atomic E-state index is 0.130. The second kappa shape index (κ2) is 5.38. The Labute approximate surface area is 137 Å². The van der Waals surface area contributed by atoms with Gasteiger partial charge in [-0.25, -0.2) is 0 Å². The van der Waals surface area contributed by atoms with E-state index in [2.05, 4.69) is 0 Å². The normalized spacial score (nSPS) is 21.1. The molecule has 2 aliphatic heterocycles. The number of aliphatic hydroxyl groups excluding tert-OH is 1. The molecule has 2 aromatic carbocycles. The summed E-state index contributed by atoms with van der Waals surface area (Å²) >= 11 is 0. The smallest absolute Gasteiger partial charge is 0.231 e. The van der Waals surface area contributed by atoms with E-state index in [1.165, 1.54) is 13.2 Å². The van der Waals surface area contributed by atoms with E-state index < -0.39 is 12.0 Å². The average Bonchev–Trinajstić information content (AvgIpc) is 3.04. The number of ether oxygens (including phenoxy) is 4. The molecule has 4 rings (SSSR count). The number of aliphatic hydroxyl groups is 1. The van der Waals surface area contributed by atoms with Gasteiger partial charge in [0, 0.05) is 17.2 Å². The van der Waals surface area contributed by atoms with Crippen LogP contribution < -0.4 is 18.9 Å². The highest BCUT2D eigenvalue weighted by molar-refractivity contribution is 5.58. The maximum Gasteiger partial charge on any atom is 0.231 e. The van der Waals surface area contributed by atoms with Crippen LogP contribution >= 0.6 is 0 Å². The molecule has 2 heterocycles. The molecule has 2 aliphatic rings. The molecule has 0 spiro atoms. The topological polar surface area (TPSA) is 97.6 Å². The molecule has 3 N–H and O–H groups in total. The van der Waals surface area contributed by atoms with Crippen LogP contribution in [0, 0.1) is 0 Å². The van der Waals surface area contributed by atoms with E-state index in [4.69, 9.17) is 18.9 Å². The largest absolute Gasteiger partial charge is 0.504 e. The van der Waals surface area contributed by atoms with Gasteiger partial charge in [-0.2, -0.15) is 0 Å². The van der Waals surface area contributed by atoms with E-state index in [-0.39, 0.29) is 30.6 Å². The molecule has 24 heavy (non-hydrogen) atoms. The first-order valence-electron chi connectivity index (χ1n) is 7.43. The maximum atomic E-state index is 10.7. The minimum Gasteiger partial charge on any atom is -0.504 e. The number of aromatic hydroxyl groups is 2. The summed E-state index contributed by atoms with van der Waals surface area (Å²) in [6.45, 7) is 0.276. The molecule has 7 nitrogen and oxygen atoms in total. The molecule has 2 aromatic rings. The predicted octanol–water partition coefficient (Wildman–Crippen LogP) is 2.04. The van der Waals surface area contributed by atoms with Crippen LogP contribution in [0.4, 0.5) is 0 Å². The van der Waals surface area contributed by atoms with E-state index in [9.17, 15) is 15.3 Å². The Hall–Kier alpha value is -2.80. The number of hydrogen-bond donors (Lipinski definition) is 3. The Morgan fingerprint density at radius 2 is 1.71 bits per heavy atom. The van der Waals surface area contributed by atoms with Gasteiger partial charge in [0.2, 0.25) is 12.5 Å². The first-order chi connectivity index (χ1) is 11.6. The highest BCUT2D eigenvalue weighted by Gasteiger charge is 2.35. The van der Waals surface area contributed by atoms with E-state index in [0.29, 0.717) is 28.4 Å². The lowest BCUT2D eigenvalue weighted by Gasteiger charge is -2.31. The molecule has 0 aliphatic carbocycles. The molecule has 0 amide bonds. The Morgan fingerprint density at radius 3 is 2.46 bits per heavy atom. The van der Waals surface area contributed by atoms with Crippen molar-refractivity contribution in [1.82, 2.24) is 0 Å². The van der Waals surface area contributed by atoms with Gasteiger partial charge in [0.15, 0.2) is 23.0 Å². The number of phenols is 2. The third-order valence-corrected chi connectivity index (χ3v) is 4.39. The molecular formula is C17H16O7. The van der Waals surface area contributed by atoms with Crippen molar-refractivity contribution in [2.45, 2.75) is 12.0 Å². The van der Waals surface area contributed by atoms with Gasteiger partial charge < -0.3 is 34.3 Å². The summed E-state index contributed by atoms with van der Waals surface area (Å²) in [5.41, 5.74) is 0.925. The summed E-state index contributed by atoms with van der Waals surface area (Å²) in [4.78, 5) is 0. The molecule has 0 bridgehead atoms. The van der Waals surface area contributed by atoms with Gasteiger partial charge in [-0.1, -0.05) is 6.07 Å². The quantitative estimate of drug-likeness (QED) is 0.724. The lowest BCUT2D eigenvalue weighted by Crippen LogP contribution is -2.24. The van der Waals surface area contributed by atoms with Crippen molar-refractivity contribution >= 4 is 0 Å².